The summed E-state index contributed by atoms with van der Waals surface area (Å²) in [4.78, 5) is 45.7. The molecule has 10 nitrogen and oxygen atoms in total. The maximum Gasteiger partial charge on any atom is 0.411 e. The molecule has 1 saturated carbocycles. The lowest BCUT2D eigenvalue weighted by atomic mass is 9.68. The van der Waals surface area contributed by atoms with Crippen molar-refractivity contribution in [1.82, 2.24) is 9.88 Å². The maximum atomic E-state index is 14.8. The Balaban J connectivity index is 1.45. The fraction of sp³-hybridized carbons (Fsp3) is 0.351. The van der Waals surface area contributed by atoms with E-state index in [2.05, 4.69) is 15.6 Å². The lowest BCUT2D eigenvalue weighted by molar-refractivity contribution is -0.145. The number of nitrogens with one attached hydrogen (secondary N) is 2. The molecule has 1 aromatic heterocycles. The van der Waals surface area contributed by atoms with Gasteiger partial charge in [-0.15, -0.1) is 0 Å². The van der Waals surface area contributed by atoms with Gasteiger partial charge in [0.2, 0.25) is 5.91 Å². The van der Waals surface area contributed by atoms with E-state index in [1.807, 2.05) is 32.0 Å². The molecule has 11 heteroatoms. The molecule has 2 aliphatic heterocycles. The number of aryl methyl sites for hydroxylation is 1. The van der Waals surface area contributed by atoms with Gasteiger partial charge in [-0.05, 0) is 77.9 Å². The van der Waals surface area contributed by atoms with Crippen LogP contribution in [0.15, 0.2) is 60.8 Å². The lowest BCUT2D eigenvalue weighted by Gasteiger charge is -2.36. The summed E-state index contributed by atoms with van der Waals surface area (Å²) in [6.07, 6.45) is 3.93. The number of carbonyl (C=O) groups excluding carboxylic acids is 2. The average Bonchev–Trinajstić information content (AvgIpc) is 3.07. The molecule has 2 amide bonds. The van der Waals surface area contributed by atoms with Crippen molar-refractivity contribution in [3.05, 3.63) is 94.4 Å². The first-order valence-electron chi connectivity index (χ1n) is 16.2. The van der Waals surface area contributed by atoms with Crippen LogP contribution in [-0.2, 0) is 26.3 Å². The van der Waals surface area contributed by atoms with E-state index in [1.54, 1.807) is 48.3 Å². The number of rotatable bonds is 4. The largest absolute Gasteiger partial charge is 0.481 e. The van der Waals surface area contributed by atoms with Crippen molar-refractivity contribution in [3.8, 4) is 0 Å². The Labute approximate surface area is 278 Å². The molecule has 4 bridgehead atoms. The van der Waals surface area contributed by atoms with E-state index in [9.17, 15) is 23.9 Å². The van der Waals surface area contributed by atoms with Crippen molar-refractivity contribution in [2.75, 3.05) is 30.0 Å². The Morgan fingerprint density at radius 2 is 1.85 bits per heavy atom. The number of likely N-dealkylation sites (N-methyl/N-ethyl adjacent to an activating group) is 1. The summed E-state index contributed by atoms with van der Waals surface area (Å²) in [5, 5.41) is 17.4. The van der Waals surface area contributed by atoms with E-state index in [4.69, 9.17) is 10.5 Å². The molecular formula is C37H40FN5O5. The monoisotopic (exact) mass is 653 g/mol. The van der Waals surface area contributed by atoms with Crippen molar-refractivity contribution in [3.63, 3.8) is 0 Å². The first-order chi connectivity index (χ1) is 23.0. The van der Waals surface area contributed by atoms with Crippen molar-refractivity contribution in [1.29, 1.82) is 0 Å². The Bertz CT molecular complexity index is 1910. The van der Waals surface area contributed by atoms with Gasteiger partial charge >= 0.3 is 12.1 Å². The Hall–Kier alpha value is -5.19. The molecule has 1 aliphatic carbocycles. The third-order valence-electron chi connectivity index (χ3n) is 9.82. The van der Waals surface area contributed by atoms with Crippen LogP contribution in [0.1, 0.15) is 78.8 Å². The fourth-order valence-corrected chi connectivity index (χ4v) is 7.23. The Morgan fingerprint density at radius 3 is 2.58 bits per heavy atom. The number of nitrogen functional groups attached to an aromatic ring is 1. The van der Waals surface area contributed by atoms with Gasteiger partial charge in [-0.1, -0.05) is 50.5 Å². The van der Waals surface area contributed by atoms with E-state index in [0.29, 0.717) is 46.3 Å². The van der Waals surface area contributed by atoms with E-state index in [0.717, 1.165) is 36.6 Å². The molecular weight excluding hydrogens is 613 g/mol. The molecule has 3 aliphatic rings. The number of hydrogen-bond donors (Lipinski definition) is 4. The van der Waals surface area contributed by atoms with Gasteiger partial charge in [0, 0.05) is 41.7 Å². The number of nitrogens with two attached hydrogens (primary N) is 1. The third kappa shape index (κ3) is 6.24. The van der Waals surface area contributed by atoms with E-state index in [1.165, 1.54) is 0 Å². The number of halogens is 1. The average molecular weight is 654 g/mol. The fourth-order valence-electron chi connectivity index (χ4n) is 7.23. The second-order valence-corrected chi connectivity index (χ2v) is 13.1. The van der Waals surface area contributed by atoms with Crippen LogP contribution >= 0.6 is 0 Å². The van der Waals surface area contributed by atoms with Gasteiger partial charge in [0.1, 0.15) is 17.7 Å². The molecule has 0 unspecified atom stereocenters. The number of hydrogen-bond acceptors (Lipinski definition) is 7. The maximum absolute atomic E-state index is 14.8. The van der Waals surface area contributed by atoms with Gasteiger partial charge in [-0.25, -0.2) is 14.2 Å². The molecule has 5 N–H and O–H groups in total. The van der Waals surface area contributed by atoms with Crippen LogP contribution in [-0.4, -0.2) is 46.6 Å². The number of fused-ring (bicyclic) bond motifs is 10. The minimum absolute atomic E-state index is 0.0780. The second-order valence-electron chi connectivity index (χ2n) is 13.1. The van der Waals surface area contributed by atoms with Crippen molar-refractivity contribution in [2.45, 2.75) is 69.9 Å². The van der Waals surface area contributed by atoms with Crippen molar-refractivity contribution < 1.29 is 28.6 Å². The summed E-state index contributed by atoms with van der Waals surface area (Å²) in [5.74, 6) is -1.65. The van der Waals surface area contributed by atoms with Gasteiger partial charge in [0.15, 0.2) is 0 Å². The van der Waals surface area contributed by atoms with Gasteiger partial charge < -0.3 is 25.8 Å². The number of anilines is 3. The van der Waals surface area contributed by atoms with Gasteiger partial charge in [0.25, 0.3) is 0 Å². The Kier molecular flexibility index (Phi) is 8.96. The minimum Gasteiger partial charge on any atom is -0.481 e. The molecule has 4 aromatic rings. The molecule has 3 heterocycles. The zero-order valence-electron chi connectivity index (χ0n) is 27.3. The summed E-state index contributed by atoms with van der Waals surface area (Å²) in [7, 11) is 1.67. The summed E-state index contributed by atoms with van der Waals surface area (Å²) in [6.45, 7) is 4.11. The highest BCUT2D eigenvalue weighted by Gasteiger charge is 2.43. The number of carbonyl (C=O) groups is 3. The lowest BCUT2D eigenvalue weighted by Crippen LogP contribution is -2.40. The zero-order valence-corrected chi connectivity index (χ0v) is 27.3. The molecule has 7 rings (SSSR count). The summed E-state index contributed by atoms with van der Waals surface area (Å²) in [6, 6.07) is 15.1. The van der Waals surface area contributed by atoms with Crippen LogP contribution in [0.4, 0.5) is 26.4 Å². The molecule has 48 heavy (non-hydrogen) atoms. The van der Waals surface area contributed by atoms with Crippen LogP contribution in [0.3, 0.4) is 0 Å². The highest BCUT2D eigenvalue weighted by molar-refractivity contribution is 5.94. The van der Waals surface area contributed by atoms with E-state index >= 15 is 0 Å². The zero-order chi connectivity index (χ0) is 34.2. The topological polar surface area (TPSA) is 147 Å². The highest BCUT2D eigenvalue weighted by Crippen LogP contribution is 2.42. The van der Waals surface area contributed by atoms with Crippen LogP contribution in [0.2, 0.25) is 0 Å². The molecule has 3 aromatic carbocycles. The smallest absolute Gasteiger partial charge is 0.411 e. The minimum atomic E-state index is -1.11. The van der Waals surface area contributed by atoms with Crippen LogP contribution in [0.5, 0.6) is 0 Å². The number of aliphatic carboxylic acids is 1. The summed E-state index contributed by atoms with van der Waals surface area (Å²) in [5.41, 5.74) is 9.65. The first-order valence-corrected chi connectivity index (χ1v) is 16.2. The number of amides is 2. The van der Waals surface area contributed by atoms with Crippen LogP contribution < -0.4 is 16.4 Å². The molecule has 1 fully saturated rings. The normalized spacial score (nSPS) is 19.9. The number of carboxylic acids is 1. The molecule has 0 radical (unpaired) electrons. The van der Waals surface area contributed by atoms with Gasteiger partial charge in [0.05, 0.1) is 18.2 Å². The van der Waals surface area contributed by atoms with Crippen LogP contribution in [0.25, 0.3) is 10.8 Å². The van der Waals surface area contributed by atoms with Crippen molar-refractivity contribution >= 4 is 45.9 Å². The first kappa shape index (κ1) is 32.7. The quantitative estimate of drug-likeness (QED) is 0.184. The summed E-state index contributed by atoms with van der Waals surface area (Å²) < 4.78 is 20.4. The number of pyridine rings is 1. The van der Waals surface area contributed by atoms with Crippen molar-refractivity contribution in [2.24, 2.45) is 0 Å². The molecule has 2 atom stereocenters. The highest BCUT2D eigenvalue weighted by atomic mass is 19.1. The van der Waals surface area contributed by atoms with Gasteiger partial charge in [-0.3, -0.25) is 14.9 Å². The SMILES string of the molecule is Cc1cc2ccc1[C@@H](C)COC(=O)Nc1ccc(C3(C(=O)O)CCCCC3)c(c1)CN(C)C(=O)[C@@H]2Nc1ccc2c(N)ncc(F)c2c1. The predicted octanol–water partition coefficient (Wildman–Crippen LogP) is 7.03. The predicted molar refractivity (Wildman–Crippen MR) is 182 cm³/mol. The number of benzene rings is 3. The number of aromatic nitrogens is 1. The Morgan fingerprint density at radius 1 is 1.08 bits per heavy atom. The third-order valence-corrected chi connectivity index (χ3v) is 9.82. The standard InChI is InChI=1S/C37H40FN5O5/c1-21-15-23-7-10-27(21)22(2)20-48-36(47)42-25-9-12-30(37(35(45)46)13-5-4-6-14-37)24(16-25)19-43(3)34(44)32(23)41-26-8-11-28-29(17-26)31(38)18-40-33(28)39/h7-12,15-18,22,32,41H,4-6,13-14,19-20H2,1-3H3,(H2,39,40)(H,42,47)(H,45,46)/t22-,32+/m0/s1. The molecule has 0 saturated heterocycles. The van der Waals surface area contributed by atoms with Crippen LogP contribution in [0, 0.1) is 12.7 Å². The number of ether oxygens (including phenoxy) is 1. The second kappa shape index (κ2) is 13.1. The number of nitrogens with zero attached hydrogens (tertiary/aromatic N) is 2. The van der Waals surface area contributed by atoms with E-state index < -0.39 is 29.3 Å². The van der Waals surface area contributed by atoms with E-state index in [-0.39, 0.29) is 36.2 Å². The number of carboxylic acid groups (broad SMARTS) is 1. The summed E-state index contributed by atoms with van der Waals surface area (Å²) >= 11 is 0. The molecule has 0 spiro atoms. The molecule has 250 valence electrons. The van der Waals surface area contributed by atoms with Gasteiger partial charge in [-0.2, -0.15) is 0 Å².